The van der Waals surface area contributed by atoms with Crippen LogP contribution in [0.4, 0.5) is 5.69 Å². The van der Waals surface area contributed by atoms with Crippen LogP contribution in [-0.4, -0.2) is 36.9 Å². The summed E-state index contributed by atoms with van der Waals surface area (Å²) in [6, 6.07) is 11.4. The standard InChI is InChI=1S/C18H19N3O5/c1-3-26-14-9-7-13(8-10-14)20-17(23)18(24)21-19-11-12-5-4-6-15(25-2)16(12)22/h4-11,22H,3H2,1-2H3,(H,20,23)(H,21,24). The molecule has 2 aromatic rings. The second-order valence-electron chi connectivity index (χ2n) is 5.01. The van der Waals surface area contributed by atoms with Gasteiger partial charge in [-0.15, -0.1) is 0 Å². The Labute approximate surface area is 150 Å². The van der Waals surface area contributed by atoms with Crippen molar-refractivity contribution in [3.8, 4) is 17.2 Å². The number of phenolic OH excluding ortho intramolecular Hbond substituents is 1. The molecule has 0 aliphatic heterocycles. The topological polar surface area (TPSA) is 109 Å². The summed E-state index contributed by atoms with van der Waals surface area (Å²) in [6.45, 7) is 2.40. The lowest BCUT2D eigenvalue weighted by Gasteiger charge is -2.06. The summed E-state index contributed by atoms with van der Waals surface area (Å²) in [7, 11) is 1.42. The van der Waals surface area contributed by atoms with Crippen LogP contribution in [-0.2, 0) is 9.59 Å². The van der Waals surface area contributed by atoms with Crippen LogP contribution in [0.2, 0.25) is 0 Å². The average molecular weight is 357 g/mol. The van der Waals surface area contributed by atoms with Gasteiger partial charge in [0.2, 0.25) is 0 Å². The predicted molar refractivity (Wildman–Crippen MR) is 96.6 cm³/mol. The van der Waals surface area contributed by atoms with Crippen LogP contribution >= 0.6 is 0 Å². The van der Waals surface area contributed by atoms with E-state index in [0.29, 0.717) is 23.6 Å². The van der Waals surface area contributed by atoms with E-state index in [0.717, 1.165) is 0 Å². The number of hydrogen-bond acceptors (Lipinski definition) is 6. The highest BCUT2D eigenvalue weighted by Crippen LogP contribution is 2.27. The van der Waals surface area contributed by atoms with Crippen molar-refractivity contribution < 1.29 is 24.2 Å². The fourth-order valence-electron chi connectivity index (χ4n) is 2.01. The fourth-order valence-corrected chi connectivity index (χ4v) is 2.01. The second kappa shape index (κ2) is 9.07. The number of rotatable bonds is 6. The molecule has 0 aliphatic carbocycles. The molecule has 8 nitrogen and oxygen atoms in total. The molecule has 0 fully saturated rings. The Morgan fingerprint density at radius 1 is 1.15 bits per heavy atom. The predicted octanol–water partition coefficient (Wildman–Crippen LogP) is 1.89. The third-order valence-corrected chi connectivity index (χ3v) is 3.25. The highest BCUT2D eigenvalue weighted by molar-refractivity contribution is 6.39. The molecule has 0 bridgehead atoms. The van der Waals surface area contributed by atoms with Crippen molar-refractivity contribution in [2.75, 3.05) is 19.0 Å². The van der Waals surface area contributed by atoms with E-state index in [2.05, 4.69) is 15.8 Å². The normalized spacial score (nSPS) is 10.4. The first-order valence-electron chi connectivity index (χ1n) is 7.78. The minimum atomic E-state index is -0.947. The minimum absolute atomic E-state index is 0.119. The lowest BCUT2D eigenvalue weighted by Crippen LogP contribution is -2.32. The molecule has 136 valence electrons. The number of nitrogens with one attached hydrogen (secondary N) is 2. The molecule has 2 rings (SSSR count). The smallest absolute Gasteiger partial charge is 0.329 e. The summed E-state index contributed by atoms with van der Waals surface area (Å²) in [5, 5.41) is 16.0. The summed E-state index contributed by atoms with van der Waals surface area (Å²) in [5.41, 5.74) is 2.87. The maximum absolute atomic E-state index is 11.8. The Morgan fingerprint density at radius 3 is 2.54 bits per heavy atom. The number of amides is 2. The summed E-state index contributed by atoms with van der Waals surface area (Å²) in [6.07, 6.45) is 1.21. The van der Waals surface area contributed by atoms with Gasteiger partial charge >= 0.3 is 11.8 Å². The van der Waals surface area contributed by atoms with Gasteiger partial charge in [0.25, 0.3) is 0 Å². The van der Waals surface area contributed by atoms with Crippen molar-refractivity contribution in [2.45, 2.75) is 6.92 Å². The van der Waals surface area contributed by atoms with Gasteiger partial charge < -0.3 is 19.9 Å². The van der Waals surface area contributed by atoms with Gasteiger partial charge in [-0.25, -0.2) is 5.43 Å². The fraction of sp³-hybridized carbons (Fsp3) is 0.167. The van der Waals surface area contributed by atoms with Gasteiger partial charge in [0.1, 0.15) is 5.75 Å². The number of benzene rings is 2. The number of phenols is 1. The molecule has 0 saturated carbocycles. The molecular formula is C18H19N3O5. The van der Waals surface area contributed by atoms with Crippen LogP contribution in [0.5, 0.6) is 17.2 Å². The molecule has 0 radical (unpaired) electrons. The number of carbonyl (C=O) groups is 2. The number of carbonyl (C=O) groups excluding carboxylic acids is 2. The van der Waals surface area contributed by atoms with Gasteiger partial charge in [-0.2, -0.15) is 5.10 Å². The number of methoxy groups -OCH3 is 1. The van der Waals surface area contributed by atoms with Gasteiger partial charge in [0, 0.05) is 11.3 Å². The number of hydrogen-bond donors (Lipinski definition) is 3. The summed E-state index contributed by atoms with van der Waals surface area (Å²) in [5.74, 6) is -1.00. The number of para-hydroxylation sites is 1. The van der Waals surface area contributed by atoms with Gasteiger partial charge in [-0.05, 0) is 43.3 Å². The van der Waals surface area contributed by atoms with E-state index < -0.39 is 11.8 Å². The van der Waals surface area contributed by atoms with E-state index in [9.17, 15) is 14.7 Å². The van der Waals surface area contributed by atoms with Crippen molar-refractivity contribution >= 4 is 23.7 Å². The number of anilines is 1. The van der Waals surface area contributed by atoms with Crippen molar-refractivity contribution in [1.29, 1.82) is 0 Å². The Balaban J connectivity index is 1.92. The van der Waals surface area contributed by atoms with Gasteiger partial charge in [-0.1, -0.05) is 6.07 Å². The average Bonchev–Trinajstić information content (AvgIpc) is 2.64. The van der Waals surface area contributed by atoms with E-state index in [1.807, 2.05) is 6.92 Å². The number of aromatic hydroxyl groups is 1. The summed E-state index contributed by atoms with van der Waals surface area (Å²) < 4.78 is 10.3. The molecule has 8 heteroatoms. The maximum Gasteiger partial charge on any atom is 0.329 e. The first-order chi connectivity index (χ1) is 12.5. The van der Waals surface area contributed by atoms with Crippen LogP contribution in [0.1, 0.15) is 12.5 Å². The Kier molecular flexibility index (Phi) is 6.55. The molecule has 0 heterocycles. The van der Waals surface area contributed by atoms with Crippen molar-refractivity contribution in [3.05, 3.63) is 48.0 Å². The van der Waals surface area contributed by atoms with E-state index in [1.54, 1.807) is 42.5 Å². The molecule has 26 heavy (non-hydrogen) atoms. The summed E-state index contributed by atoms with van der Waals surface area (Å²) in [4.78, 5) is 23.6. The van der Waals surface area contributed by atoms with Crippen LogP contribution in [0.25, 0.3) is 0 Å². The molecule has 0 unspecified atom stereocenters. The molecule has 0 aromatic heterocycles. The number of ether oxygens (including phenoxy) is 2. The molecule has 0 aliphatic rings. The van der Waals surface area contributed by atoms with E-state index in [-0.39, 0.29) is 11.5 Å². The van der Waals surface area contributed by atoms with Gasteiger partial charge in [-0.3, -0.25) is 9.59 Å². The Hall–Kier alpha value is -3.55. The number of nitrogens with zero attached hydrogens (tertiary/aromatic N) is 1. The van der Waals surface area contributed by atoms with Crippen molar-refractivity contribution in [3.63, 3.8) is 0 Å². The monoisotopic (exact) mass is 357 g/mol. The highest BCUT2D eigenvalue weighted by Gasteiger charge is 2.13. The van der Waals surface area contributed by atoms with Crippen LogP contribution < -0.4 is 20.2 Å². The van der Waals surface area contributed by atoms with E-state index >= 15 is 0 Å². The van der Waals surface area contributed by atoms with E-state index in [1.165, 1.54) is 13.3 Å². The highest BCUT2D eigenvalue weighted by atomic mass is 16.5. The number of hydrazone groups is 1. The third kappa shape index (κ3) is 4.97. The third-order valence-electron chi connectivity index (χ3n) is 3.25. The van der Waals surface area contributed by atoms with Gasteiger partial charge in [0.15, 0.2) is 11.5 Å². The summed E-state index contributed by atoms with van der Waals surface area (Å²) >= 11 is 0. The van der Waals surface area contributed by atoms with Crippen molar-refractivity contribution in [1.82, 2.24) is 5.43 Å². The van der Waals surface area contributed by atoms with E-state index in [4.69, 9.17) is 9.47 Å². The SMILES string of the molecule is CCOc1ccc(NC(=O)C(=O)NN=Cc2cccc(OC)c2O)cc1. The lowest BCUT2D eigenvalue weighted by molar-refractivity contribution is -0.136. The first-order valence-corrected chi connectivity index (χ1v) is 7.78. The first kappa shape index (κ1) is 18.8. The van der Waals surface area contributed by atoms with Crippen LogP contribution in [0.3, 0.4) is 0 Å². The zero-order chi connectivity index (χ0) is 18.9. The molecule has 2 aromatic carbocycles. The largest absolute Gasteiger partial charge is 0.504 e. The molecule has 2 amide bonds. The molecule has 0 saturated heterocycles. The van der Waals surface area contributed by atoms with Crippen LogP contribution in [0.15, 0.2) is 47.6 Å². The van der Waals surface area contributed by atoms with Gasteiger partial charge in [0.05, 0.1) is 19.9 Å². The zero-order valence-corrected chi connectivity index (χ0v) is 14.4. The molecule has 3 N–H and O–H groups in total. The molecular weight excluding hydrogens is 338 g/mol. The second-order valence-corrected chi connectivity index (χ2v) is 5.01. The Bertz CT molecular complexity index is 803. The molecule has 0 spiro atoms. The van der Waals surface area contributed by atoms with Crippen molar-refractivity contribution in [2.24, 2.45) is 5.10 Å². The van der Waals surface area contributed by atoms with Crippen LogP contribution in [0, 0.1) is 0 Å². The minimum Gasteiger partial charge on any atom is -0.504 e. The zero-order valence-electron chi connectivity index (χ0n) is 14.4. The maximum atomic E-state index is 11.8. The molecule has 0 atom stereocenters. The lowest BCUT2D eigenvalue weighted by atomic mass is 10.2. The Morgan fingerprint density at radius 2 is 1.88 bits per heavy atom. The quantitative estimate of drug-likeness (QED) is 0.415.